The van der Waals surface area contributed by atoms with Crippen LogP contribution < -0.4 is 5.32 Å². The predicted octanol–water partition coefficient (Wildman–Crippen LogP) is 2.92. The van der Waals surface area contributed by atoms with Crippen LogP contribution in [-0.2, 0) is 0 Å². The smallest absolute Gasteiger partial charge is 0.289 e. The Hall–Kier alpha value is -2.18. The number of amides is 1. The number of rotatable bonds is 5. The molecular weight excluding hydrogens is 306 g/mol. The summed E-state index contributed by atoms with van der Waals surface area (Å²) in [6.45, 7) is 6.22. The van der Waals surface area contributed by atoms with Gasteiger partial charge in [-0.05, 0) is 33.6 Å². The van der Waals surface area contributed by atoms with Gasteiger partial charge in [-0.2, -0.15) is 5.10 Å². The molecule has 1 fully saturated rings. The van der Waals surface area contributed by atoms with Gasteiger partial charge in [0.1, 0.15) is 11.6 Å². The topological polar surface area (TPSA) is 85.8 Å². The molecule has 2 aromatic heterocycles. The number of nitrogens with one attached hydrogen (secondary N) is 1. The van der Waals surface area contributed by atoms with Gasteiger partial charge >= 0.3 is 0 Å². The normalized spacial score (nSPS) is 17.0. The molecule has 0 saturated heterocycles. The number of hydrogen-bond acceptors (Lipinski definition) is 5. The summed E-state index contributed by atoms with van der Waals surface area (Å²) in [7, 11) is 0. The van der Waals surface area contributed by atoms with Gasteiger partial charge in [-0.1, -0.05) is 24.4 Å². The highest BCUT2D eigenvalue weighted by molar-refractivity contribution is 5.91. The molecule has 1 aliphatic carbocycles. The van der Waals surface area contributed by atoms with Crippen LogP contribution in [0.1, 0.15) is 78.9 Å². The van der Waals surface area contributed by atoms with Crippen LogP contribution in [0.5, 0.6) is 0 Å². The van der Waals surface area contributed by atoms with Crippen LogP contribution in [-0.4, -0.2) is 32.4 Å². The second-order valence-corrected chi connectivity index (χ2v) is 6.66. The van der Waals surface area contributed by atoms with Crippen LogP contribution in [0.15, 0.2) is 10.6 Å². The van der Waals surface area contributed by atoms with Crippen LogP contribution in [0.2, 0.25) is 0 Å². The van der Waals surface area contributed by atoms with E-state index in [1.807, 2.05) is 25.5 Å². The van der Waals surface area contributed by atoms with Crippen LogP contribution in [0.3, 0.4) is 0 Å². The zero-order valence-corrected chi connectivity index (χ0v) is 14.6. The Morgan fingerprint density at radius 3 is 2.79 bits per heavy atom. The molecule has 130 valence electrons. The Morgan fingerprint density at radius 1 is 1.38 bits per heavy atom. The van der Waals surface area contributed by atoms with Crippen molar-refractivity contribution in [3.8, 4) is 0 Å². The van der Waals surface area contributed by atoms with Crippen molar-refractivity contribution >= 4 is 5.91 Å². The van der Waals surface area contributed by atoms with Crippen LogP contribution in [0.4, 0.5) is 0 Å². The van der Waals surface area contributed by atoms with Crippen molar-refractivity contribution in [2.45, 2.75) is 64.8 Å². The fourth-order valence-corrected chi connectivity index (χ4v) is 3.35. The lowest BCUT2D eigenvalue weighted by Gasteiger charge is -2.18. The largest absolute Gasteiger partial charge is 0.351 e. The Balaban J connectivity index is 1.57. The molecular formula is C17H25N5O2. The number of aryl methyl sites for hydroxylation is 2. The summed E-state index contributed by atoms with van der Waals surface area (Å²) in [5, 5.41) is 11.3. The van der Waals surface area contributed by atoms with Gasteiger partial charge in [-0.3, -0.25) is 4.79 Å². The number of aromatic nitrogens is 4. The molecule has 2 aromatic rings. The van der Waals surface area contributed by atoms with E-state index >= 15 is 0 Å². The Morgan fingerprint density at radius 2 is 2.12 bits per heavy atom. The Kier molecular flexibility index (Phi) is 4.97. The van der Waals surface area contributed by atoms with E-state index in [-0.39, 0.29) is 17.7 Å². The standard InChI is InChI=1S/C17H25N5O2/c1-11(22-13(3)19-12(2)20-22)10-18-17(23)16-9-15(21-24-16)14-7-5-4-6-8-14/h9,11,14H,4-8,10H2,1-3H3,(H,18,23)/t11-/m1/s1. The third-order valence-corrected chi connectivity index (χ3v) is 4.66. The van der Waals surface area contributed by atoms with E-state index in [2.05, 4.69) is 20.6 Å². The van der Waals surface area contributed by atoms with E-state index < -0.39 is 0 Å². The van der Waals surface area contributed by atoms with Gasteiger partial charge in [0, 0.05) is 18.5 Å². The van der Waals surface area contributed by atoms with E-state index in [0.717, 1.165) is 30.2 Å². The molecule has 1 saturated carbocycles. The van der Waals surface area contributed by atoms with Crippen molar-refractivity contribution in [1.82, 2.24) is 25.2 Å². The summed E-state index contributed by atoms with van der Waals surface area (Å²) in [5.74, 6) is 2.07. The average molecular weight is 331 g/mol. The third-order valence-electron chi connectivity index (χ3n) is 4.66. The minimum atomic E-state index is -0.231. The van der Waals surface area contributed by atoms with Gasteiger partial charge in [0.2, 0.25) is 5.76 Å². The summed E-state index contributed by atoms with van der Waals surface area (Å²) >= 11 is 0. The first-order valence-corrected chi connectivity index (χ1v) is 8.69. The van der Waals surface area contributed by atoms with E-state index in [1.54, 1.807) is 6.07 Å². The van der Waals surface area contributed by atoms with Crippen molar-refractivity contribution in [2.24, 2.45) is 0 Å². The zero-order chi connectivity index (χ0) is 17.1. The minimum Gasteiger partial charge on any atom is -0.351 e. The lowest BCUT2D eigenvalue weighted by atomic mass is 9.87. The molecule has 0 spiro atoms. The Bertz CT molecular complexity index is 700. The summed E-state index contributed by atoms with van der Waals surface area (Å²) < 4.78 is 7.07. The number of hydrogen-bond donors (Lipinski definition) is 1. The van der Waals surface area contributed by atoms with E-state index in [0.29, 0.717) is 12.5 Å². The summed E-state index contributed by atoms with van der Waals surface area (Å²) in [6.07, 6.45) is 6.02. The number of carbonyl (C=O) groups is 1. The minimum absolute atomic E-state index is 0.0240. The summed E-state index contributed by atoms with van der Waals surface area (Å²) in [6, 6.07) is 1.82. The van der Waals surface area contributed by atoms with Crippen molar-refractivity contribution in [2.75, 3.05) is 6.54 Å². The van der Waals surface area contributed by atoms with Crippen LogP contribution in [0, 0.1) is 13.8 Å². The SMILES string of the molecule is Cc1nc(C)n([C@H](C)CNC(=O)c2cc(C3CCCCC3)no2)n1. The second-order valence-electron chi connectivity index (χ2n) is 6.66. The van der Waals surface area contributed by atoms with Gasteiger partial charge in [-0.25, -0.2) is 9.67 Å². The highest BCUT2D eigenvalue weighted by Gasteiger charge is 2.22. The maximum Gasteiger partial charge on any atom is 0.289 e. The van der Waals surface area contributed by atoms with Crippen LogP contribution in [0.25, 0.3) is 0 Å². The molecule has 1 aliphatic rings. The summed E-state index contributed by atoms with van der Waals surface area (Å²) in [5.41, 5.74) is 0.913. The fraction of sp³-hybridized carbons (Fsp3) is 0.647. The highest BCUT2D eigenvalue weighted by atomic mass is 16.5. The maximum atomic E-state index is 12.3. The monoisotopic (exact) mass is 331 g/mol. The molecule has 3 rings (SSSR count). The first-order chi connectivity index (χ1) is 11.5. The molecule has 0 bridgehead atoms. The average Bonchev–Trinajstić information content (AvgIpc) is 3.20. The maximum absolute atomic E-state index is 12.3. The van der Waals surface area contributed by atoms with Gasteiger partial charge in [0.05, 0.1) is 11.7 Å². The first kappa shape index (κ1) is 16.7. The van der Waals surface area contributed by atoms with Crippen molar-refractivity contribution < 1.29 is 9.32 Å². The molecule has 7 nitrogen and oxygen atoms in total. The fourth-order valence-electron chi connectivity index (χ4n) is 3.35. The quantitative estimate of drug-likeness (QED) is 0.910. The van der Waals surface area contributed by atoms with Gasteiger partial charge in [0.15, 0.2) is 0 Å². The number of nitrogens with zero attached hydrogens (tertiary/aromatic N) is 4. The molecule has 0 aromatic carbocycles. The van der Waals surface area contributed by atoms with Gasteiger partial charge in [-0.15, -0.1) is 0 Å². The van der Waals surface area contributed by atoms with Crippen molar-refractivity contribution in [1.29, 1.82) is 0 Å². The molecule has 0 unspecified atom stereocenters. The lowest BCUT2D eigenvalue weighted by molar-refractivity contribution is 0.0910. The van der Waals surface area contributed by atoms with Crippen molar-refractivity contribution in [3.05, 3.63) is 29.2 Å². The molecule has 24 heavy (non-hydrogen) atoms. The van der Waals surface area contributed by atoms with E-state index in [4.69, 9.17) is 4.52 Å². The molecule has 1 atom stereocenters. The highest BCUT2D eigenvalue weighted by Crippen LogP contribution is 2.32. The van der Waals surface area contributed by atoms with Crippen LogP contribution >= 0.6 is 0 Å². The first-order valence-electron chi connectivity index (χ1n) is 8.69. The second kappa shape index (κ2) is 7.15. The molecule has 2 heterocycles. The predicted molar refractivity (Wildman–Crippen MR) is 88.9 cm³/mol. The molecule has 0 aliphatic heterocycles. The molecule has 1 amide bonds. The van der Waals surface area contributed by atoms with E-state index in [9.17, 15) is 4.79 Å². The van der Waals surface area contributed by atoms with Crippen molar-refractivity contribution in [3.63, 3.8) is 0 Å². The molecule has 1 N–H and O–H groups in total. The molecule has 7 heteroatoms. The summed E-state index contributed by atoms with van der Waals surface area (Å²) in [4.78, 5) is 16.6. The zero-order valence-electron chi connectivity index (χ0n) is 14.6. The lowest BCUT2D eigenvalue weighted by Crippen LogP contribution is -2.30. The molecule has 0 radical (unpaired) electrons. The van der Waals surface area contributed by atoms with E-state index in [1.165, 1.54) is 19.3 Å². The van der Waals surface area contributed by atoms with Gasteiger partial charge in [0.25, 0.3) is 5.91 Å². The Labute approximate surface area is 141 Å². The third kappa shape index (κ3) is 3.66. The van der Waals surface area contributed by atoms with Gasteiger partial charge < -0.3 is 9.84 Å². The number of carbonyl (C=O) groups excluding carboxylic acids is 1.